The Morgan fingerprint density at radius 3 is 2.24 bits per heavy atom. The van der Waals surface area contributed by atoms with E-state index in [-0.39, 0.29) is 17.6 Å². The predicted octanol–water partition coefficient (Wildman–Crippen LogP) is 5.07. The van der Waals surface area contributed by atoms with Gasteiger partial charge in [-0.05, 0) is 60.2 Å². The van der Waals surface area contributed by atoms with Crippen LogP contribution in [0.3, 0.4) is 0 Å². The molecule has 0 spiro atoms. The molecule has 1 fully saturated rings. The zero-order valence-corrected chi connectivity index (χ0v) is 15.9. The second kappa shape index (κ2) is 7.47. The number of carbonyl (C=O) groups excluding carboxylic acids is 1. The molecule has 1 aromatic heterocycles. The lowest BCUT2D eigenvalue weighted by atomic mass is 10.1. The van der Waals surface area contributed by atoms with Crippen LogP contribution in [0.5, 0.6) is 5.75 Å². The number of anilines is 2. The molecule has 2 aliphatic carbocycles. The molecule has 2 aliphatic rings. The lowest BCUT2D eigenvalue weighted by Gasteiger charge is -2.13. The molecule has 1 amide bonds. The molecule has 5 nitrogen and oxygen atoms in total. The zero-order valence-electron chi connectivity index (χ0n) is 15.0. The zero-order chi connectivity index (χ0) is 20.6. The van der Waals surface area contributed by atoms with Crippen LogP contribution in [0.4, 0.5) is 24.8 Å². The number of carbonyl (C=O) groups is 1. The summed E-state index contributed by atoms with van der Waals surface area (Å²) in [4.78, 5) is 17.1. The summed E-state index contributed by atoms with van der Waals surface area (Å²) in [5, 5.41) is 5.84. The minimum absolute atomic E-state index is 0.00774. The number of nitrogens with one attached hydrogen (secondary N) is 2. The Bertz CT molecular complexity index is 999. The summed E-state index contributed by atoms with van der Waals surface area (Å²) in [6, 6.07) is 8.88. The Kier molecular flexibility index (Phi) is 4.99. The first kappa shape index (κ1) is 19.4. The fourth-order valence-electron chi connectivity index (χ4n) is 2.68. The van der Waals surface area contributed by atoms with Gasteiger partial charge >= 0.3 is 6.36 Å². The van der Waals surface area contributed by atoms with Crippen LogP contribution in [-0.2, 0) is 4.79 Å². The summed E-state index contributed by atoms with van der Waals surface area (Å²) in [5.41, 5.74) is 2.33. The standard InChI is InChI=1S/C20H16F3N3O2S/c21-20(22,23)28-15-7-5-11(6-8-15)14-9-16(25-18(27)12-1-2-12)24-17(10-14)26-19(29)13-3-4-13/h3,5-10,12H,1-2,4H2,(H2,24,25,26,27,29). The predicted molar refractivity (Wildman–Crippen MR) is 107 cm³/mol. The molecule has 0 radical (unpaired) electrons. The summed E-state index contributed by atoms with van der Waals surface area (Å²) in [6.07, 6.45) is -0.223. The van der Waals surface area contributed by atoms with Gasteiger partial charge in [0.05, 0.1) is 0 Å². The molecule has 4 rings (SSSR count). The van der Waals surface area contributed by atoms with Crippen molar-refractivity contribution < 1.29 is 22.7 Å². The molecule has 150 valence electrons. The maximum absolute atomic E-state index is 12.4. The Balaban J connectivity index is 1.60. The van der Waals surface area contributed by atoms with Gasteiger partial charge in [0.15, 0.2) is 0 Å². The molecule has 2 aromatic rings. The molecule has 1 aromatic carbocycles. The number of thiocarbonyl (C=S) groups is 1. The van der Waals surface area contributed by atoms with Gasteiger partial charge in [0.2, 0.25) is 5.91 Å². The molecule has 0 atom stereocenters. The van der Waals surface area contributed by atoms with E-state index in [1.165, 1.54) is 24.3 Å². The third-order valence-electron chi connectivity index (χ3n) is 4.39. The van der Waals surface area contributed by atoms with Gasteiger partial charge in [-0.15, -0.1) is 13.2 Å². The number of pyridine rings is 1. The van der Waals surface area contributed by atoms with Gasteiger partial charge in [-0.2, -0.15) is 0 Å². The first-order valence-corrected chi connectivity index (χ1v) is 9.37. The highest BCUT2D eigenvalue weighted by Crippen LogP contribution is 2.32. The first-order valence-electron chi connectivity index (χ1n) is 8.96. The maximum Gasteiger partial charge on any atom is 0.573 e. The van der Waals surface area contributed by atoms with Crippen molar-refractivity contribution in [2.24, 2.45) is 5.92 Å². The van der Waals surface area contributed by atoms with Crippen LogP contribution < -0.4 is 15.4 Å². The van der Waals surface area contributed by atoms with Crippen molar-refractivity contribution in [3.05, 3.63) is 48.0 Å². The third-order valence-corrected chi connectivity index (χ3v) is 4.75. The highest BCUT2D eigenvalue weighted by Gasteiger charge is 2.31. The molecular formula is C20H16F3N3O2S. The van der Waals surface area contributed by atoms with Crippen LogP contribution in [0.15, 0.2) is 48.0 Å². The number of aromatic nitrogens is 1. The summed E-state index contributed by atoms with van der Waals surface area (Å²) >= 11 is 5.30. The van der Waals surface area contributed by atoms with Crippen molar-refractivity contribution >= 4 is 34.7 Å². The number of benzene rings is 1. The molecule has 1 heterocycles. The largest absolute Gasteiger partial charge is 0.573 e. The van der Waals surface area contributed by atoms with Crippen molar-refractivity contribution in [1.82, 2.24) is 4.98 Å². The van der Waals surface area contributed by atoms with E-state index < -0.39 is 6.36 Å². The molecule has 29 heavy (non-hydrogen) atoms. The highest BCUT2D eigenvalue weighted by atomic mass is 32.1. The lowest BCUT2D eigenvalue weighted by Crippen LogP contribution is -2.17. The molecule has 0 saturated heterocycles. The molecule has 1 saturated carbocycles. The Labute approximate surface area is 170 Å². The normalized spacial score (nSPS) is 15.3. The minimum Gasteiger partial charge on any atom is -0.406 e. The topological polar surface area (TPSA) is 63.2 Å². The van der Waals surface area contributed by atoms with Crippen molar-refractivity contribution in [2.75, 3.05) is 10.6 Å². The average Bonchev–Trinajstić information content (AvgIpc) is 3.54. The van der Waals surface area contributed by atoms with E-state index in [2.05, 4.69) is 20.4 Å². The Hall–Kier alpha value is -2.94. The second-order valence-electron chi connectivity index (χ2n) is 6.85. The van der Waals surface area contributed by atoms with E-state index in [9.17, 15) is 18.0 Å². The smallest absolute Gasteiger partial charge is 0.406 e. The molecule has 9 heteroatoms. The number of allylic oxidation sites excluding steroid dienone is 1. The molecule has 0 unspecified atom stereocenters. The van der Waals surface area contributed by atoms with Gasteiger partial charge in [-0.3, -0.25) is 4.79 Å². The van der Waals surface area contributed by atoms with Crippen molar-refractivity contribution in [2.45, 2.75) is 25.6 Å². The summed E-state index contributed by atoms with van der Waals surface area (Å²) in [5.74, 6) is 0.403. The molecule has 0 bridgehead atoms. The van der Waals surface area contributed by atoms with E-state index in [4.69, 9.17) is 12.2 Å². The van der Waals surface area contributed by atoms with E-state index in [1.54, 1.807) is 12.1 Å². The Morgan fingerprint density at radius 2 is 1.69 bits per heavy atom. The number of alkyl halides is 3. The first-order chi connectivity index (χ1) is 13.8. The van der Waals surface area contributed by atoms with Crippen LogP contribution in [0.25, 0.3) is 11.1 Å². The monoisotopic (exact) mass is 419 g/mol. The van der Waals surface area contributed by atoms with Crippen molar-refractivity contribution in [1.29, 1.82) is 0 Å². The number of nitrogens with zero attached hydrogens (tertiary/aromatic N) is 1. The highest BCUT2D eigenvalue weighted by molar-refractivity contribution is 7.81. The van der Waals surface area contributed by atoms with Crippen molar-refractivity contribution in [3.63, 3.8) is 0 Å². The van der Waals surface area contributed by atoms with Crippen molar-refractivity contribution in [3.8, 4) is 16.9 Å². The number of halogens is 3. The summed E-state index contributed by atoms with van der Waals surface area (Å²) < 4.78 is 41.0. The number of ether oxygens (including phenoxy) is 1. The average molecular weight is 419 g/mol. The van der Waals surface area contributed by atoms with Gasteiger partial charge in [0.1, 0.15) is 22.4 Å². The van der Waals surface area contributed by atoms with E-state index in [0.29, 0.717) is 27.8 Å². The Morgan fingerprint density at radius 1 is 1.07 bits per heavy atom. The number of hydrogen-bond acceptors (Lipinski definition) is 4. The summed E-state index contributed by atoms with van der Waals surface area (Å²) in [6.45, 7) is 0. The number of rotatable bonds is 6. The van der Waals surface area contributed by atoms with Gasteiger partial charge < -0.3 is 15.4 Å². The van der Waals surface area contributed by atoms with E-state index in [1.807, 2.05) is 6.08 Å². The van der Waals surface area contributed by atoms with Crippen LogP contribution in [-0.4, -0.2) is 22.2 Å². The van der Waals surface area contributed by atoms with Crippen LogP contribution >= 0.6 is 12.2 Å². The van der Waals surface area contributed by atoms with Gasteiger partial charge in [-0.1, -0.05) is 30.4 Å². The number of amides is 1. The quantitative estimate of drug-likeness (QED) is 0.641. The lowest BCUT2D eigenvalue weighted by molar-refractivity contribution is -0.274. The van der Waals surface area contributed by atoms with Crippen LogP contribution in [0, 0.1) is 5.92 Å². The van der Waals surface area contributed by atoms with Gasteiger partial charge in [-0.25, -0.2) is 4.98 Å². The molecule has 2 N–H and O–H groups in total. The van der Waals surface area contributed by atoms with Gasteiger partial charge in [0, 0.05) is 5.92 Å². The van der Waals surface area contributed by atoms with E-state index >= 15 is 0 Å². The fourth-order valence-corrected chi connectivity index (χ4v) is 2.95. The van der Waals surface area contributed by atoms with Crippen LogP contribution in [0.2, 0.25) is 0 Å². The van der Waals surface area contributed by atoms with E-state index in [0.717, 1.165) is 24.8 Å². The third kappa shape index (κ3) is 5.32. The summed E-state index contributed by atoms with van der Waals surface area (Å²) in [7, 11) is 0. The minimum atomic E-state index is -4.75. The molecular weight excluding hydrogens is 403 g/mol. The molecule has 0 aliphatic heterocycles. The SMILES string of the molecule is O=C(Nc1cc(-c2ccc(OC(F)(F)F)cc2)cc(NC(=S)C2=CC2)n1)C1CC1. The fraction of sp³-hybridized carbons (Fsp3) is 0.250. The van der Waals surface area contributed by atoms with Crippen LogP contribution in [0.1, 0.15) is 19.3 Å². The number of hydrogen-bond donors (Lipinski definition) is 2. The van der Waals surface area contributed by atoms with Gasteiger partial charge in [0.25, 0.3) is 0 Å². The maximum atomic E-state index is 12.4. The second-order valence-corrected chi connectivity index (χ2v) is 7.26.